The molecule has 0 aromatic carbocycles. The Kier molecular flexibility index (Phi) is 5.59. The second-order valence-corrected chi connectivity index (χ2v) is 3.95. The zero-order valence-electron chi connectivity index (χ0n) is 10.3. The Hall–Kier alpha value is -1.46. The second kappa shape index (κ2) is 6.98. The van der Waals surface area contributed by atoms with E-state index in [1.165, 1.54) is 0 Å². The fourth-order valence-electron chi connectivity index (χ4n) is 1.40. The van der Waals surface area contributed by atoms with Gasteiger partial charge in [-0.05, 0) is 37.5 Å². The van der Waals surface area contributed by atoms with Crippen LogP contribution in [0.4, 0.5) is 5.82 Å². The minimum atomic E-state index is -0.521. The highest BCUT2D eigenvalue weighted by atomic mass is 16.5. The molecule has 0 spiro atoms. The number of aromatic nitrogens is 1. The molecule has 0 saturated heterocycles. The van der Waals surface area contributed by atoms with Crippen LogP contribution in [0.15, 0.2) is 18.3 Å². The number of hydrogen-bond donors (Lipinski definition) is 2. The number of hydrogen-bond acceptors (Lipinski definition) is 4. The van der Waals surface area contributed by atoms with Gasteiger partial charge in [0.05, 0.1) is 6.04 Å². The summed E-state index contributed by atoms with van der Waals surface area (Å²) in [4.78, 5) is 15.7. The SMILES string of the molecule is COCCCC(N)C(=O)Nc1cc(C)ccn1. The number of anilines is 1. The highest BCUT2D eigenvalue weighted by Gasteiger charge is 2.13. The van der Waals surface area contributed by atoms with Crippen LogP contribution >= 0.6 is 0 Å². The summed E-state index contributed by atoms with van der Waals surface area (Å²) in [7, 11) is 1.63. The van der Waals surface area contributed by atoms with Gasteiger partial charge in [-0.25, -0.2) is 4.98 Å². The van der Waals surface area contributed by atoms with E-state index < -0.39 is 6.04 Å². The third-order valence-corrected chi connectivity index (χ3v) is 2.37. The number of ether oxygens (including phenoxy) is 1. The lowest BCUT2D eigenvalue weighted by Crippen LogP contribution is -2.36. The van der Waals surface area contributed by atoms with Gasteiger partial charge in [-0.1, -0.05) is 0 Å². The van der Waals surface area contributed by atoms with Gasteiger partial charge >= 0.3 is 0 Å². The molecule has 0 aliphatic carbocycles. The largest absolute Gasteiger partial charge is 0.385 e. The molecular weight excluding hydrogens is 218 g/mol. The number of pyridine rings is 1. The lowest BCUT2D eigenvalue weighted by atomic mass is 10.1. The van der Waals surface area contributed by atoms with Crippen LogP contribution in [-0.4, -0.2) is 30.6 Å². The Morgan fingerprint density at radius 3 is 3.06 bits per heavy atom. The minimum Gasteiger partial charge on any atom is -0.385 e. The molecule has 0 fully saturated rings. The maximum atomic E-state index is 11.7. The highest BCUT2D eigenvalue weighted by molar-refractivity contribution is 5.93. The van der Waals surface area contributed by atoms with Crippen molar-refractivity contribution in [2.45, 2.75) is 25.8 Å². The van der Waals surface area contributed by atoms with Crippen LogP contribution in [0.5, 0.6) is 0 Å². The molecule has 0 aliphatic heterocycles. The molecule has 94 valence electrons. The van der Waals surface area contributed by atoms with Crippen molar-refractivity contribution in [3.05, 3.63) is 23.9 Å². The molecule has 1 atom stereocenters. The van der Waals surface area contributed by atoms with E-state index in [1.807, 2.05) is 13.0 Å². The number of aryl methyl sites for hydroxylation is 1. The average molecular weight is 237 g/mol. The van der Waals surface area contributed by atoms with Gasteiger partial charge in [-0.2, -0.15) is 0 Å². The van der Waals surface area contributed by atoms with Gasteiger partial charge in [0, 0.05) is 19.9 Å². The molecule has 5 nitrogen and oxygen atoms in total. The fourth-order valence-corrected chi connectivity index (χ4v) is 1.40. The van der Waals surface area contributed by atoms with Crippen molar-refractivity contribution in [2.75, 3.05) is 19.0 Å². The zero-order valence-corrected chi connectivity index (χ0v) is 10.3. The maximum absolute atomic E-state index is 11.7. The predicted molar refractivity (Wildman–Crippen MR) is 66.7 cm³/mol. The zero-order chi connectivity index (χ0) is 12.7. The number of nitrogens with two attached hydrogens (primary N) is 1. The van der Waals surface area contributed by atoms with Crippen LogP contribution in [-0.2, 0) is 9.53 Å². The first kappa shape index (κ1) is 13.6. The first-order valence-corrected chi connectivity index (χ1v) is 5.61. The van der Waals surface area contributed by atoms with E-state index in [2.05, 4.69) is 10.3 Å². The normalized spacial score (nSPS) is 12.2. The van der Waals surface area contributed by atoms with Crippen LogP contribution in [0, 0.1) is 6.92 Å². The van der Waals surface area contributed by atoms with Crippen molar-refractivity contribution in [1.29, 1.82) is 0 Å². The molecule has 1 aromatic rings. The number of amides is 1. The molecular formula is C12H19N3O2. The van der Waals surface area contributed by atoms with Gasteiger partial charge in [0.25, 0.3) is 0 Å². The average Bonchev–Trinajstić information content (AvgIpc) is 2.29. The molecule has 17 heavy (non-hydrogen) atoms. The van der Waals surface area contributed by atoms with Crippen LogP contribution in [0.25, 0.3) is 0 Å². The first-order valence-electron chi connectivity index (χ1n) is 5.61. The Bertz CT molecular complexity index is 369. The summed E-state index contributed by atoms with van der Waals surface area (Å²) in [5, 5.41) is 2.69. The summed E-state index contributed by atoms with van der Waals surface area (Å²) in [6.07, 6.45) is 3.03. The molecule has 1 heterocycles. The quantitative estimate of drug-likeness (QED) is 0.726. The van der Waals surface area contributed by atoms with Crippen molar-refractivity contribution in [3.63, 3.8) is 0 Å². The van der Waals surface area contributed by atoms with E-state index in [9.17, 15) is 4.79 Å². The second-order valence-electron chi connectivity index (χ2n) is 3.95. The molecule has 0 bridgehead atoms. The van der Waals surface area contributed by atoms with Crippen LogP contribution in [0.1, 0.15) is 18.4 Å². The highest BCUT2D eigenvalue weighted by Crippen LogP contribution is 2.06. The number of carbonyl (C=O) groups excluding carboxylic acids is 1. The van der Waals surface area contributed by atoms with Crippen LogP contribution in [0.3, 0.4) is 0 Å². The summed E-state index contributed by atoms with van der Waals surface area (Å²) in [6.45, 7) is 2.56. The Balaban J connectivity index is 2.43. The van der Waals surface area contributed by atoms with E-state index in [4.69, 9.17) is 10.5 Å². The molecule has 1 unspecified atom stereocenters. The summed E-state index contributed by atoms with van der Waals surface area (Å²) >= 11 is 0. The lowest BCUT2D eigenvalue weighted by molar-refractivity contribution is -0.117. The van der Waals surface area contributed by atoms with Gasteiger partial charge in [-0.15, -0.1) is 0 Å². The molecule has 3 N–H and O–H groups in total. The van der Waals surface area contributed by atoms with Gasteiger partial charge in [0.1, 0.15) is 5.82 Å². The number of carbonyl (C=O) groups is 1. The van der Waals surface area contributed by atoms with Crippen molar-refractivity contribution in [3.8, 4) is 0 Å². The van der Waals surface area contributed by atoms with Gasteiger partial charge in [0.2, 0.25) is 5.91 Å². The van der Waals surface area contributed by atoms with Crippen molar-refractivity contribution >= 4 is 11.7 Å². The van der Waals surface area contributed by atoms with Crippen LogP contribution in [0.2, 0.25) is 0 Å². The van der Waals surface area contributed by atoms with Gasteiger partial charge in [0.15, 0.2) is 0 Å². The Morgan fingerprint density at radius 1 is 1.65 bits per heavy atom. The van der Waals surface area contributed by atoms with E-state index >= 15 is 0 Å². The Morgan fingerprint density at radius 2 is 2.41 bits per heavy atom. The van der Waals surface area contributed by atoms with Gasteiger partial charge < -0.3 is 15.8 Å². The third-order valence-electron chi connectivity index (χ3n) is 2.37. The van der Waals surface area contributed by atoms with E-state index in [0.717, 1.165) is 12.0 Å². The first-order chi connectivity index (χ1) is 8.13. The number of nitrogens with one attached hydrogen (secondary N) is 1. The Labute approximate surface area is 101 Å². The van der Waals surface area contributed by atoms with Crippen LogP contribution < -0.4 is 11.1 Å². The topological polar surface area (TPSA) is 77.2 Å². The standard InChI is InChI=1S/C12H19N3O2/c1-9-5-6-14-11(8-9)15-12(16)10(13)4-3-7-17-2/h5-6,8,10H,3-4,7,13H2,1-2H3,(H,14,15,16). The van der Waals surface area contributed by atoms with E-state index in [-0.39, 0.29) is 5.91 Å². The van der Waals surface area contributed by atoms with Crippen molar-refractivity contribution in [1.82, 2.24) is 4.98 Å². The minimum absolute atomic E-state index is 0.209. The number of nitrogens with zero attached hydrogens (tertiary/aromatic N) is 1. The lowest BCUT2D eigenvalue weighted by Gasteiger charge is -2.11. The van der Waals surface area contributed by atoms with E-state index in [0.29, 0.717) is 18.8 Å². The summed E-state index contributed by atoms with van der Waals surface area (Å²) in [5.74, 6) is 0.330. The molecule has 1 rings (SSSR count). The molecule has 0 saturated carbocycles. The number of rotatable bonds is 6. The summed E-state index contributed by atoms with van der Waals surface area (Å²) < 4.78 is 4.91. The van der Waals surface area contributed by atoms with Crippen molar-refractivity contribution < 1.29 is 9.53 Å². The summed E-state index contributed by atoms with van der Waals surface area (Å²) in [6, 6.07) is 3.15. The maximum Gasteiger partial charge on any atom is 0.242 e. The monoisotopic (exact) mass is 237 g/mol. The molecule has 0 aliphatic rings. The molecule has 1 amide bonds. The molecule has 5 heteroatoms. The predicted octanol–water partition coefficient (Wildman–Crippen LogP) is 1.08. The molecule has 0 radical (unpaired) electrons. The third kappa shape index (κ3) is 4.93. The molecule has 1 aromatic heterocycles. The summed E-state index contributed by atoms with van der Waals surface area (Å²) in [5.41, 5.74) is 6.79. The van der Waals surface area contributed by atoms with Gasteiger partial charge in [-0.3, -0.25) is 4.79 Å². The van der Waals surface area contributed by atoms with E-state index in [1.54, 1.807) is 19.4 Å². The smallest absolute Gasteiger partial charge is 0.242 e. The fraction of sp³-hybridized carbons (Fsp3) is 0.500. The number of methoxy groups -OCH3 is 1. The van der Waals surface area contributed by atoms with Crippen molar-refractivity contribution in [2.24, 2.45) is 5.73 Å².